The molecular formula is C25H29N5O3. The molecule has 8 nitrogen and oxygen atoms in total. The third kappa shape index (κ3) is 5.28. The second kappa shape index (κ2) is 9.68. The Balaban J connectivity index is 1.93. The molecule has 8 heteroatoms. The van der Waals surface area contributed by atoms with E-state index in [4.69, 9.17) is 10.3 Å². The fourth-order valence-corrected chi connectivity index (χ4v) is 3.40. The molecule has 0 bridgehead atoms. The summed E-state index contributed by atoms with van der Waals surface area (Å²) in [6.45, 7) is 12.3. The highest BCUT2D eigenvalue weighted by Crippen LogP contribution is 2.22. The molecule has 3 rings (SSSR count). The zero-order valence-corrected chi connectivity index (χ0v) is 19.6. The quantitative estimate of drug-likeness (QED) is 0.502. The van der Waals surface area contributed by atoms with Gasteiger partial charge in [-0.25, -0.2) is 4.98 Å². The lowest BCUT2D eigenvalue weighted by atomic mass is 10.1. The summed E-state index contributed by atoms with van der Waals surface area (Å²) in [5, 5.41) is 7.67. The smallest absolute Gasteiger partial charge is 0.267 e. The molecule has 33 heavy (non-hydrogen) atoms. The van der Waals surface area contributed by atoms with Gasteiger partial charge < -0.3 is 20.5 Å². The maximum atomic E-state index is 13.3. The van der Waals surface area contributed by atoms with Crippen molar-refractivity contribution in [2.75, 3.05) is 7.05 Å². The zero-order chi connectivity index (χ0) is 24.3. The van der Waals surface area contributed by atoms with Crippen LogP contribution in [0.5, 0.6) is 0 Å². The number of para-hydroxylation sites is 1. The van der Waals surface area contributed by atoms with Crippen LogP contribution in [0.2, 0.25) is 0 Å². The molecular weight excluding hydrogens is 418 g/mol. The molecule has 0 unspecified atom stereocenters. The van der Waals surface area contributed by atoms with E-state index in [1.807, 2.05) is 37.9 Å². The third-order valence-corrected chi connectivity index (χ3v) is 5.37. The van der Waals surface area contributed by atoms with Gasteiger partial charge in [-0.2, -0.15) is 0 Å². The fraction of sp³-hybridized carbons (Fsp3) is 0.280. The summed E-state index contributed by atoms with van der Waals surface area (Å²) in [5.74, 6) is -0.0906. The van der Waals surface area contributed by atoms with Crippen molar-refractivity contribution < 1.29 is 14.1 Å². The number of allylic oxidation sites excluding steroid dienone is 2. The molecule has 0 aliphatic rings. The van der Waals surface area contributed by atoms with E-state index in [2.05, 4.69) is 35.9 Å². The van der Waals surface area contributed by atoms with E-state index in [1.165, 1.54) is 6.07 Å². The van der Waals surface area contributed by atoms with Crippen molar-refractivity contribution >= 4 is 22.7 Å². The van der Waals surface area contributed by atoms with Crippen LogP contribution in [-0.4, -0.2) is 33.9 Å². The number of hydrogen-bond acceptors (Lipinski definition) is 6. The minimum absolute atomic E-state index is 0.0276. The lowest BCUT2D eigenvalue weighted by Crippen LogP contribution is -2.29. The van der Waals surface area contributed by atoms with Gasteiger partial charge in [0.2, 0.25) is 0 Å². The normalized spacial score (nSPS) is 11.9. The molecule has 2 amide bonds. The summed E-state index contributed by atoms with van der Waals surface area (Å²) >= 11 is 0. The van der Waals surface area contributed by atoms with Crippen LogP contribution in [0.25, 0.3) is 10.9 Å². The van der Waals surface area contributed by atoms with Crippen LogP contribution in [0.3, 0.4) is 0 Å². The first-order valence-electron chi connectivity index (χ1n) is 10.6. The van der Waals surface area contributed by atoms with Crippen LogP contribution in [0.1, 0.15) is 65.9 Å². The van der Waals surface area contributed by atoms with E-state index in [-0.39, 0.29) is 17.5 Å². The molecule has 2 aromatic heterocycles. The maximum Gasteiger partial charge on any atom is 0.267 e. The Hall–Kier alpha value is -3.94. The average molecular weight is 448 g/mol. The molecule has 0 aliphatic carbocycles. The number of hydrogen-bond donors (Lipinski definition) is 2. The highest BCUT2D eigenvalue weighted by Gasteiger charge is 2.19. The number of nitrogens with two attached hydrogens (primary N) is 1. The van der Waals surface area contributed by atoms with Crippen molar-refractivity contribution in [2.45, 2.75) is 40.2 Å². The standard InChI is InChI=1S/C25H29N5O3/c1-14(2)21-11-17(33-29-21)13-30(6)16(5)23(15(3)4)28-25(32)19-12-22(24(26)31)27-20-10-8-7-9-18(19)20/h7-12,14H,3,13H2,1-2,4-6H3,(H2,26,31)(H,28,32)/b23-16+. The van der Waals surface area contributed by atoms with Crippen molar-refractivity contribution in [3.05, 3.63) is 82.7 Å². The van der Waals surface area contributed by atoms with Crippen LogP contribution in [-0.2, 0) is 6.54 Å². The monoisotopic (exact) mass is 447 g/mol. The first-order chi connectivity index (χ1) is 15.6. The summed E-state index contributed by atoms with van der Waals surface area (Å²) in [5.41, 5.74) is 9.22. The predicted octanol–water partition coefficient (Wildman–Crippen LogP) is 4.11. The highest BCUT2D eigenvalue weighted by molar-refractivity contribution is 6.09. The van der Waals surface area contributed by atoms with Gasteiger partial charge in [0.15, 0.2) is 5.76 Å². The first kappa shape index (κ1) is 23.7. The Bertz CT molecular complexity index is 1260. The molecule has 3 aromatic rings. The molecule has 0 radical (unpaired) electrons. The molecule has 2 heterocycles. The summed E-state index contributed by atoms with van der Waals surface area (Å²) in [7, 11) is 1.90. The number of benzene rings is 1. The molecule has 0 saturated heterocycles. The molecule has 172 valence electrons. The maximum absolute atomic E-state index is 13.3. The van der Waals surface area contributed by atoms with E-state index in [9.17, 15) is 9.59 Å². The van der Waals surface area contributed by atoms with Gasteiger partial charge in [0.05, 0.1) is 29.0 Å². The predicted molar refractivity (Wildman–Crippen MR) is 127 cm³/mol. The van der Waals surface area contributed by atoms with Crippen molar-refractivity contribution in [3.63, 3.8) is 0 Å². The van der Waals surface area contributed by atoms with E-state index >= 15 is 0 Å². The number of carbonyl (C=O) groups excluding carboxylic acids is 2. The van der Waals surface area contributed by atoms with Crippen molar-refractivity contribution in [3.8, 4) is 0 Å². The van der Waals surface area contributed by atoms with E-state index in [1.54, 1.807) is 18.2 Å². The van der Waals surface area contributed by atoms with Gasteiger partial charge in [-0.1, -0.05) is 43.8 Å². The minimum atomic E-state index is -0.700. The molecule has 0 atom stereocenters. The highest BCUT2D eigenvalue weighted by atomic mass is 16.5. The fourth-order valence-electron chi connectivity index (χ4n) is 3.40. The number of aromatic nitrogens is 2. The van der Waals surface area contributed by atoms with Crippen molar-refractivity contribution in [1.82, 2.24) is 20.4 Å². The van der Waals surface area contributed by atoms with Gasteiger partial charge in [0.25, 0.3) is 11.8 Å². The molecule has 0 aliphatic heterocycles. The summed E-state index contributed by atoms with van der Waals surface area (Å²) in [6.07, 6.45) is 0. The minimum Gasteiger partial charge on any atom is -0.369 e. The Labute approximate surface area is 193 Å². The van der Waals surface area contributed by atoms with Crippen LogP contribution in [0.15, 0.2) is 64.5 Å². The Morgan fingerprint density at radius 3 is 2.52 bits per heavy atom. The summed E-state index contributed by atoms with van der Waals surface area (Å²) in [6, 6.07) is 10.5. The average Bonchev–Trinajstić information content (AvgIpc) is 3.24. The number of nitrogens with zero attached hydrogens (tertiary/aromatic N) is 3. The van der Waals surface area contributed by atoms with Crippen LogP contribution < -0.4 is 11.1 Å². The molecule has 0 spiro atoms. The number of pyridine rings is 1. The van der Waals surface area contributed by atoms with Gasteiger partial charge in [-0.15, -0.1) is 0 Å². The summed E-state index contributed by atoms with van der Waals surface area (Å²) < 4.78 is 5.45. The SMILES string of the molecule is C=C(C)/C(NC(=O)c1cc(C(N)=O)nc2ccccc12)=C(/C)N(C)Cc1cc(C(C)C)no1. The molecule has 0 saturated carbocycles. The van der Waals surface area contributed by atoms with Gasteiger partial charge in [0, 0.05) is 24.2 Å². The Morgan fingerprint density at radius 1 is 1.21 bits per heavy atom. The van der Waals surface area contributed by atoms with Crippen LogP contribution >= 0.6 is 0 Å². The Kier molecular flexibility index (Phi) is 6.96. The van der Waals surface area contributed by atoms with E-state index < -0.39 is 5.91 Å². The Morgan fingerprint density at radius 2 is 1.91 bits per heavy atom. The van der Waals surface area contributed by atoms with Gasteiger partial charge in [0.1, 0.15) is 5.69 Å². The first-order valence-corrected chi connectivity index (χ1v) is 10.6. The molecule has 1 aromatic carbocycles. The topological polar surface area (TPSA) is 114 Å². The second-order valence-corrected chi connectivity index (χ2v) is 8.36. The van der Waals surface area contributed by atoms with Gasteiger partial charge >= 0.3 is 0 Å². The van der Waals surface area contributed by atoms with Gasteiger partial charge in [-0.05, 0) is 37.5 Å². The lowest BCUT2D eigenvalue weighted by molar-refractivity contribution is 0.0966. The number of carbonyl (C=O) groups is 2. The number of nitrogens with one attached hydrogen (secondary N) is 1. The number of primary amides is 1. The number of fused-ring (bicyclic) bond motifs is 1. The summed E-state index contributed by atoms with van der Waals surface area (Å²) in [4.78, 5) is 31.2. The van der Waals surface area contributed by atoms with E-state index in [0.717, 1.165) is 17.2 Å². The number of amides is 2. The van der Waals surface area contributed by atoms with Crippen LogP contribution in [0, 0.1) is 0 Å². The molecule has 0 fully saturated rings. The third-order valence-electron chi connectivity index (χ3n) is 5.37. The van der Waals surface area contributed by atoms with Crippen LogP contribution in [0.4, 0.5) is 0 Å². The van der Waals surface area contributed by atoms with Gasteiger partial charge in [-0.3, -0.25) is 9.59 Å². The van der Waals surface area contributed by atoms with Crippen molar-refractivity contribution in [2.24, 2.45) is 5.73 Å². The second-order valence-electron chi connectivity index (χ2n) is 8.36. The van der Waals surface area contributed by atoms with E-state index in [0.29, 0.717) is 34.3 Å². The number of rotatable bonds is 8. The lowest BCUT2D eigenvalue weighted by Gasteiger charge is -2.23. The van der Waals surface area contributed by atoms with Crippen molar-refractivity contribution in [1.29, 1.82) is 0 Å². The zero-order valence-electron chi connectivity index (χ0n) is 19.6. The largest absolute Gasteiger partial charge is 0.369 e. The molecule has 3 N–H and O–H groups in total.